The Morgan fingerprint density at radius 3 is 2.33 bits per heavy atom. The van der Waals surface area contributed by atoms with E-state index in [1.807, 2.05) is 6.07 Å². The number of rotatable bonds is 2. The second-order valence-corrected chi connectivity index (χ2v) is 11.5. The van der Waals surface area contributed by atoms with Gasteiger partial charge in [-0.1, -0.05) is 0 Å². The van der Waals surface area contributed by atoms with Crippen LogP contribution in [0.1, 0.15) is 0 Å². The molecule has 0 aliphatic carbocycles. The molecule has 1 saturated heterocycles. The lowest BCUT2D eigenvalue weighted by Crippen LogP contribution is -2.41. The summed E-state index contributed by atoms with van der Waals surface area (Å²) in [6.07, 6.45) is 3.56. The zero-order chi connectivity index (χ0) is 15.1. The molecule has 2 aliphatic heterocycles. The van der Waals surface area contributed by atoms with Crippen LogP contribution >= 0.6 is 10.0 Å². The average Bonchev–Trinajstić information content (AvgIpc) is 2.46. The van der Waals surface area contributed by atoms with Crippen molar-refractivity contribution in [1.82, 2.24) is 4.31 Å². The highest BCUT2D eigenvalue weighted by molar-refractivity contribution is 8.33. The van der Waals surface area contributed by atoms with Crippen LogP contribution in [0.4, 0.5) is 0 Å². The molecule has 0 bridgehead atoms. The number of benzene rings is 1. The monoisotopic (exact) mass is 331 g/mol. The molecule has 1 fully saturated rings. The molecule has 2 aliphatic rings. The van der Waals surface area contributed by atoms with Crippen LogP contribution in [0.2, 0.25) is 0 Å². The average molecular weight is 331 g/mol. The number of ether oxygens (including phenoxy) is 2. The molecule has 0 radical (unpaired) electrons. The van der Waals surface area contributed by atoms with Crippen LogP contribution < -0.4 is 9.47 Å². The van der Waals surface area contributed by atoms with Crippen molar-refractivity contribution in [3.8, 4) is 11.5 Å². The summed E-state index contributed by atoms with van der Waals surface area (Å²) in [5.41, 5.74) is 0. The van der Waals surface area contributed by atoms with Crippen LogP contribution in [0.25, 0.3) is 0 Å². The zero-order valence-corrected chi connectivity index (χ0v) is 14.0. The highest BCUT2D eigenvalue weighted by Gasteiger charge is 2.31. The number of nitrogens with zero attached hydrogens (tertiary/aromatic N) is 1. The van der Waals surface area contributed by atoms with Crippen molar-refractivity contribution in [2.24, 2.45) is 0 Å². The third kappa shape index (κ3) is 3.00. The summed E-state index contributed by atoms with van der Waals surface area (Å²) in [6.45, 7) is 2.41. The molecule has 5 nitrogen and oxygen atoms in total. The quantitative estimate of drug-likeness (QED) is 0.825. The minimum Gasteiger partial charge on any atom is -0.486 e. The molecule has 118 valence electrons. The Morgan fingerprint density at radius 1 is 1.10 bits per heavy atom. The molecule has 1 aromatic carbocycles. The van der Waals surface area contributed by atoms with Crippen LogP contribution in [0.5, 0.6) is 11.5 Å². The van der Waals surface area contributed by atoms with Crippen molar-refractivity contribution in [3.63, 3.8) is 0 Å². The number of fused-ring (bicyclic) bond motifs is 1. The van der Waals surface area contributed by atoms with Crippen LogP contribution in [0, 0.1) is 0 Å². The van der Waals surface area contributed by atoms with E-state index in [1.54, 1.807) is 4.31 Å². The highest BCUT2D eigenvalue weighted by atomic mass is 32.3. The molecule has 0 N–H and O–H groups in total. The van der Waals surface area contributed by atoms with E-state index < -0.39 is 20.1 Å². The van der Waals surface area contributed by atoms with Gasteiger partial charge in [0, 0.05) is 13.1 Å². The van der Waals surface area contributed by atoms with Gasteiger partial charge in [-0.25, -0.2) is 22.8 Å². The van der Waals surface area contributed by atoms with E-state index in [4.69, 9.17) is 9.47 Å². The van der Waals surface area contributed by atoms with Gasteiger partial charge >= 0.3 is 0 Å². The fourth-order valence-electron chi connectivity index (χ4n) is 2.72. The summed E-state index contributed by atoms with van der Waals surface area (Å²) < 4.78 is 36.0. The Morgan fingerprint density at radius 2 is 1.71 bits per heavy atom. The first kappa shape index (κ1) is 15.0. The second kappa shape index (κ2) is 5.37. The third-order valence-electron chi connectivity index (χ3n) is 4.13. The van der Waals surface area contributed by atoms with Crippen LogP contribution in [0.3, 0.4) is 0 Å². The molecular weight excluding hydrogens is 310 g/mol. The first-order valence-electron chi connectivity index (χ1n) is 6.97. The van der Waals surface area contributed by atoms with Crippen LogP contribution in [-0.4, -0.2) is 63.0 Å². The lowest BCUT2D eigenvalue weighted by molar-refractivity contribution is 0.171. The summed E-state index contributed by atoms with van der Waals surface area (Å²) in [7, 11) is -4.06. The van der Waals surface area contributed by atoms with Gasteiger partial charge in [0.2, 0.25) is 10.0 Å². The van der Waals surface area contributed by atoms with E-state index in [2.05, 4.69) is 18.4 Å². The third-order valence-corrected chi connectivity index (χ3v) is 9.00. The fourth-order valence-corrected chi connectivity index (χ4v) is 6.51. The predicted molar refractivity (Wildman–Crippen MR) is 85.4 cm³/mol. The zero-order valence-electron chi connectivity index (χ0n) is 12.4. The molecule has 7 heteroatoms. The molecule has 0 aromatic heterocycles. The Bertz CT molecular complexity index is 636. The van der Waals surface area contributed by atoms with E-state index in [9.17, 15) is 8.42 Å². The van der Waals surface area contributed by atoms with E-state index in [0.717, 1.165) is 23.0 Å². The molecule has 2 heterocycles. The maximum atomic E-state index is 11.6. The van der Waals surface area contributed by atoms with Gasteiger partial charge in [0.25, 0.3) is 0 Å². The molecular formula is C14H21NO4S2. The molecule has 0 unspecified atom stereocenters. The second-order valence-electron chi connectivity index (χ2n) is 5.65. The normalized spacial score (nSPS) is 23.5. The van der Waals surface area contributed by atoms with Crippen molar-refractivity contribution in [2.45, 2.75) is 4.90 Å². The highest BCUT2D eigenvalue weighted by Crippen LogP contribution is 2.55. The minimum absolute atomic E-state index is 0.588. The van der Waals surface area contributed by atoms with Gasteiger partial charge in [0.05, 0.1) is 6.26 Å². The van der Waals surface area contributed by atoms with E-state index in [0.29, 0.717) is 26.3 Å². The number of hydrogen-bond donors (Lipinski definition) is 0. The lowest BCUT2D eigenvalue weighted by atomic mass is 10.3. The maximum absolute atomic E-state index is 11.6. The largest absolute Gasteiger partial charge is 0.486 e. The molecule has 3 rings (SSSR count). The summed E-state index contributed by atoms with van der Waals surface area (Å²) in [5.74, 6) is 3.43. The van der Waals surface area contributed by atoms with E-state index in [1.165, 1.54) is 11.2 Å². The molecule has 0 spiro atoms. The topological polar surface area (TPSA) is 55.8 Å². The SMILES string of the molecule is CS1(c2ccc3c(c2)OCCO3)CCN(S(C)(=O)=O)CC1. The van der Waals surface area contributed by atoms with E-state index in [-0.39, 0.29) is 0 Å². The van der Waals surface area contributed by atoms with Gasteiger partial charge in [0.15, 0.2) is 11.5 Å². The Labute approximate surface area is 127 Å². The van der Waals surface area contributed by atoms with Crippen molar-refractivity contribution < 1.29 is 17.9 Å². The van der Waals surface area contributed by atoms with Crippen molar-refractivity contribution in [1.29, 1.82) is 0 Å². The van der Waals surface area contributed by atoms with Crippen LogP contribution in [0.15, 0.2) is 23.1 Å². The molecule has 1 aromatic rings. The molecule has 0 saturated carbocycles. The Hall–Kier alpha value is -0.920. The first-order valence-corrected chi connectivity index (χ1v) is 11.2. The fraction of sp³-hybridized carbons (Fsp3) is 0.571. The summed E-state index contributed by atoms with van der Waals surface area (Å²) in [5, 5.41) is 0. The standard InChI is InChI=1S/C14H21NO4S2/c1-20(9-5-15(6-10-20)21(2,16)17)12-3-4-13-14(11-12)19-8-7-18-13/h3-4,11H,5-10H2,1-2H3. The predicted octanol–water partition coefficient (Wildman–Crippen LogP) is 1.53. The van der Waals surface area contributed by atoms with Gasteiger partial charge in [-0.3, -0.25) is 0 Å². The van der Waals surface area contributed by atoms with Gasteiger partial charge in [-0.15, -0.1) is 0 Å². The Kier molecular flexibility index (Phi) is 3.83. The molecule has 0 atom stereocenters. The number of sulfonamides is 1. The summed E-state index contributed by atoms with van der Waals surface area (Å²) >= 11 is 0. The van der Waals surface area contributed by atoms with Crippen molar-refractivity contribution in [3.05, 3.63) is 18.2 Å². The number of hydrogen-bond acceptors (Lipinski definition) is 4. The maximum Gasteiger partial charge on any atom is 0.211 e. The van der Waals surface area contributed by atoms with E-state index >= 15 is 0 Å². The van der Waals surface area contributed by atoms with Crippen molar-refractivity contribution in [2.75, 3.05) is 50.3 Å². The van der Waals surface area contributed by atoms with Gasteiger partial charge in [-0.05, 0) is 40.9 Å². The smallest absolute Gasteiger partial charge is 0.211 e. The van der Waals surface area contributed by atoms with Gasteiger partial charge in [-0.2, -0.15) is 0 Å². The van der Waals surface area contributed by atoms with Gasteiger partial charge < -0.3 is 9.47 Å². The molecule has 21 heavy (non-hydrogen) atoms. The first-order chi connectivity index (χ1) is 9.88. The lowest BCUT2D eigenvalue weighted by Gasteiger charge is -2.43. The van der Waals surface area contributed by atoms with Gasteiger partial charge in [0.1, 0.15) is 13.2 Å². The summed E-state index contributed by atoms with van der Waals surface area (Å²) in [6, 6.07) is 6.17. The molecule has 0 amide bonds. The summed E-state index contributed by atoms with van der Waals surface area (Å²) in [4.78, 5) is 1.28. The van der Waals surface area contributed by atoms with Crippen LogP contribution in [-0.2, 0) is 10.0 Å². The Balaban J connectivity index is 1.81. The van der Waals surface area contributed by atoms with Crippen molar-refractivity contribution >= 4 is 20.1 Å². The minimum atomic E-state index is -3.07.